The molecule has 0 aromatic heterocycles. The average molecular weight is 450 g/mol. The van der Waals surface area contributed by atoms with E-state index in [1.807, 2.05) is 6.07 Å². The van der Waals surface area contributed by atoms with E-state index in [4.69, 9.17) is 4.74 Å². The molecule has 0 N–H and O–H groups in total. The molecule has 4 rings (SSSR count). The first-order chi connectivity index (χ1) is 15.4. The monoisotopic (exact) mass is 450 g/mol. The van der Waals surface area contributed by atoms with Crippen LogP contribution in [0.5, 0.6) is 5.75 Å². The van der Waals surface area contributed by atoms with Crippen LogP contribution in [0.2, 0.25) is 0 Å². The SMILES string of the molecule is O=C(C1CCN(Cc2cccc(F)c2)CC1)N1CCC(Oc2c(F)cc(F)cc2F)CC1. The van der Waals surface area contributed by atoms with Crippen LogP contribution in [0.1, 0.15) is 31.2 Å². The number of hydrogen-bond donors (Lipinski definition) is 0. The Bertz CT molecular complexity index is 932. The van der Waals surface area contributed by atoms with Gasteiger partial charge in [0.1, 0.15) is 17.7 Å². The quantitative estimate of drug-likeness (QED) is 0.628. The van der Waals surface area contributed by atoms with Gasteiger partial charge in [-0.2, -0.15) is 0 Å². The molecule has 2 aliphatic heterocycles. The smallest absolute Gasteiger partial charge is 0.225 e. The Balaban J connectivity index is 1.24. The van der Waals surface area contributed by atoms with Crippen molar-refractivity contribution < 1.29 is 27.1 Å². The Morgan fingerprint density at radius 1 is 0.875 bits per heavy atom. The number of amides is 1. The van der Waals surface area contributed by atoms with E-state index >= 15 is 0 Å². The molecule has 0 atom stereocenters. The van der Waals surface area contributed by atoms with Gasteiger partial charge in [0.15, 0.2) is 17.4 Å². The molecule has 2 aliphatic rings. The first kappa shape index (κ1) is 22.6. The summed E-state index contributed by atoms with van der Waals surface area (Å²) in [6, 6.07) is 7.75. The number of likely N-dealkylation sites (tertiary alicyclic amines) is 2. The predicted octanol–water partition coefficient (Wildman–Crippen LogP) is 4.53. The number of carbonyl (C=O) groups is 1. The van der Waals surface area contributed by atoms with Gasteiger partial charge in [0, 0.05) is 50.5 Å². The third kappa shape index (κ3) is 5.41. The number of carbonyl (C=O) groups excluding carboxylic acids is 1. The van der Waals surface area contributed by atoms with Crippen LogP contribution in [-0.2, 0) is 11.3 Å². The predicted molar refractivity (Wildman–Crippen MR) is 111 cm³/mol. The van der Waals surface area contributed by atoms with Gasteiger partial charge in [0.05, 0.1) is 0 Å². The lowest BCUT2D eigenvalue weighted by Crippen LogP contribution is -2.47. The number of nitrogens with zero attached hydrogens (tertiary/aromatic N) is 2. The number of halogens is 4. The lowest BCUT2D eigenvalue weighted by atomic mass is 9.93. The minimum atomic E-state index is -1.06. The normalized spacial score (nSPS) is 18.7. The van der Waals surface area contributed by atoms with Crippen molar-refractivity contribution >= 4 is 5.91 Å². The minimum Gasteiger partial charge on any atom is -0.484 e. The van der Waals surface area contributed by atoms with Gasteiger partial charge in [-0.15, -0.1) is 0 Å². The van der Waals surface area contributed by atoms with Gasteiger partial charge >= 0.3 is 0 Å². The van der Waals surface area contributed by atoms with E-state index in [1.54, 1.807) is 11.0 Å². The highest BCUT2D eigenvalue weighted by molar-refractivity contribution is 5.79. The van der Waals surface area contributed by atoms with Crippen LogP contribution in [-0.4, -0.2) is 48.0 Å². The molecular formula is C24H26F4N2O2. The summed E-state index contributed by atoms with van der Waals surface area (Å²) in [6.45, 7) is 3.12. The second-order valence-corrected chi connectivity index (χ2v) is 8.52. The molecule has 0 aliphatic carbocycles. The summed E-state index contributed by atoms with van der Waals surface area (Å²) in [4.78, 5) is 17.0. The van der Waals surface area contributed by atoms with Crippen molar-refractivity contribution in [2.45, 2.75) is 38.3 Å². The molecule has 0 saturated carbocycles. The Kier molecular flexibility index (Phi) is 6.98. The fraction of sp³-hybridized carbons (Fsp3) is 0.458. The summed E-state index contributed by atoms with van der Waals surface area (Å²) < 4.78 is 59.5. The van der Waals surface area contributed by atoms with Crippen LogP contribution in [0.4, 0.5) is 17.6 Å². The Morgan fingerprint density at radius 2 is 1.53 bits per heavy atom. The molecular weight excluding hydrogens is 424 g/mol. The standard InChI is InChI=1S/C24H26F4N2O2/c25-18-3-1-2-16(12-18)15-29-8-4-17(5-9-29)24(31)30-10-6-20(7-11-30)32-23-21(27)13-19(26)14-22(23)28/h1-3,12-14,17,20H,4-11,15H2. The summed E-state index contributed by atoms with van der Waals surface area (Å²) >= 11 is 0. The third-order valence-corrected chi connectivity index (χ3v) is 6.23. The fourth-order valence-corrected chi connectivity index (χ4v) is 4.49. The van der Waals surface area contributed by atoms with Gasteiger partial charge in [-0.3, -0.25) is 9.69 Å². The fourth-order valence-electron chi connectivity index (χ4n) is 4.49. The Hall–Kier alpha value is -2.61. The van der Waals surface area contributed by atoms with Crippen LogP contribution < -0.4 is 4.74 Å². The molecule has 2 heterocycles. The van der Waals surface area contributed by atoms with Gasteiger partial charge in [0.25, 0.3) is 0 Å². The van der Waals surface area contributed by atoms with E-state index in [0.29, 0.717) is 44.6 Å². The molecule has 2 aromatic carbocycles. The van der Waals surface area contributed by atoms with Crippen LogP contribution in [0.3, 0.4) is 0 Å². The number of benzene rings is 2. The molecule has 0 unspecified atom stereocenters. The molecule has 172 valence electrons. The van der Waals surface area contributed by atoms with Crippen molar-refractivity contribution in [1.29, 1.82) is 0 Å². The first-order valence-corrected chi connectivity index (χ1v) is 11.0. The van der Waals surface area contributed by atoms with Gasteiger partial charge in [-0.1, -0.05) is 12.1 Å². The second-order valence-electron chi connectivity index (χ2n) is 8.52. The van der Waals surface area contributed by atoms with E-state index in [2.05, 4.69) is 4.90 Å². The zero-order valence-electron chi connectivity index (χ0n) is 17.7. The summed E-state index contributed by atoms with van der Waals surface area (Å²) in [5, 5.41) is 0. The lowest BCUT2D eigenvalue weighted by molar-refractivity contribution is -0.139. The van der Waals surface area contributed by atoms with E-state index in [0.717, 1.165) is 31.5 Å². The van der Waals surface area contributed by atoms with E-state index in [1.165, 1.54) is 12.1 Å². The molecule has 0 spiro atoms. The highest BCUT2D eigenvalue weighted by atomic mass is 19.1. The van der Waals surface area contributed by atoms with E-state index < -0.39 is 29.3 Å². The van der Waals surface area contributed by atoms with Crippen molar-refractivity contribution in [3.8, 4) is 5.75 Å². The van der Waals surface area contributed by atoms with Crippen molar-refractivity contribution in [2.24, 2.45) is 5.92 Å². The van der Waals surface area contributed by atoms with Crippen LogP contribution in [0.15, 0.2) is 36.4 Å². The van der Waals surface area contributed by atoms with Gasteiger partial charge in [-0.25, -0.2) is 17.6 Å². The van der Waals surface area contributed by atoms with Crippen molar-refractivity contribution in [3.63, 3.8) is 0 Å². The maximum absolute atomic E-state index is 13.8. The van der Waals surface area contributed by atoms with Crippen molar-refractivity contribution in [2.75, 3.05) is 26.2 Å². The third-order valence-electron chi connectivity index (χ3n) is 6.23. The minimum absolute atomic E-state index is 0.0526. The second kappa shape index (κ2) is 9.90. The van der Waals surface area contributed by atoms with Crippen molar-refractivity contribution in [3.05, 3.63) is 65.2 Å². The zero-order valence-corrected chi connectivity index (χ0v) is 17.7. The number of hydrogen-bond acceptors (Lipinski definition) is 3. The van der Waals surface area contributed by atoms with Crippen LogP contribution in [0.25, 0.3) is 0 Å². The van der Waals surface area contributed by atoms with E-state index in [-0.39, 0.29) is 17.6 Å². The summed E-state index contributed by atoms with van der Waals surface area (Å²) in [5.41, 5.74) is 0.922. The Morgan fingerprint density at radius 3 is 2.16 bits per heavy atom. The Labute approximate surface area is 184 Å². The van der Waals surface area contributed by atoms with Gasteiger partial charge in [-0.05, 0) is 43.6 Å². The molecule has 1 amide bonds. The molecule has 4 nitrogen and oxygen atoms in total. The van der Waals surface area contributed by atoms with Crippen molar-refractivity contribution in [1.82, 2.24) is 9.80 Å². The highest BCUT2D eigenvalue weighted by Crippen LogP contribution is 2.28. The molecule has 2 aromatic rings. The topological polar surface area (TPSA) is 32.8 Å². The largest absolute Gasteiger partial charge is 0.484 e. The molecule has 0 radical (unpaired) electrons. The molecule has 2 fully saturated rings. The molecule has 0 bridgehead atoms. The maximum Gasteiger partial charge on any atom is 0.225 e. The molecule has 32 heavy (non-hydrogen) atoms. The molecule has 2 saturated heterocycles. The zero-order chi connectivity index (χ0) is 22.7. The van der Waals surface area contributed by atoms with E-state index in [9.17, 15) is 22.4 Å². The lowest BCUT2D eigenvalue weighted by Gasteiger charge is -2.37. The number of ether oxygens (including phenoxy) is 1. The average Bonchev–Trinajstić information content (AvgIpc) is 2.77. The number of rotatable bonds is 5. The first-order valence-electron chi connectivity index (χ1n) is 11.0. The number of piperidine rings is 2. The summed E-state index contributed by atoms with van der Waals surface area (Å²) in [7, 11) is 0. The summed E-state index contributed by atoms with van der Waals surface area (Å²) in [6.07, 6.45) is 1.98. The van der Waals surface area contributed by atoms with Gasteiger partial charge < -0.3 is 9.64 Å². The van der Waals surface area contributed by atoms with Gasteiger partial charge in [0.2, 0.25) is 5.91 Å². The molecule has 8 heteroatoms. The van der Waals surface area contributed by atoms with Crippen LogP contribution >= 0.6 is 0 Å². The maximum atomic E-state index is 13.8. The van der Waals surface area contributed by atoms with Crippen LogP contribution in [0, 0.1) is 29.2 Å². The highest BCUT2D eigenvalue weighted by Gasteiger charge is 2.32. The summed E-state index contributed by atoms with van der Waals surface area (Å²) in [5.74, 6) is -3.88.